The molecule has 2 heteroatoms. The number of carbonyl (C=O) groups excluding carboxylic acids is 1. The number of rotatable bonds is 3. The van der Waals surface area contributed by atoms with E-state index in [-0.39, 0.29) is 0 Å². The van der Waals surface area contributed by atoms with Crippen LogP contribution in [0, 0.1) is 6.92 Å². The molecule has 0 fully saturated rings. The van der Waals surface area contributed by atoms with Crippen LogP contribution in [-0.2, 0) is 4.79 Å². The number of aromatic hydroxyl groups is 1. The van der Waals surface area contributed by atoms with Crippen LogP contribution < -0.4 is 0 Å². The lowest BCUT2D eigenvalue weighted by Gasteiger charge is -2.07. The van der Waals surface area contributed by atoms with Gasteiger partial charge in [0.1, 0.15) is 12.0 Å². The molecule has 0 spiro atoms. The number of hydrogen-bond acceptors (Lipinski definition) is 2. The van der Waals surface area contributed by atoms with E-state index in [1.54, 1.807) is 12.1 Å². The van der Waals surface area contributed by atoms with E-state index in [2.05, 4.69) is 13.8 Å². The highest BCUT2D eigenvalue weighted by Gasteiger charge is 2.03. The van der Waals surface area contributed by atoms with E-state index in [1.807, 2.05) is 49.4 Å². The Bertz CT molecular complexity index is 584. The molecule has 0 radical (unpaired) electrons. The molecular formula is C19H22O2. The first-order chi connectivity index (χ1) is 10.0. The molecule has 0 aromatic heterocycles. The van der Waals surface area contributed by atoms with Gasteiger partial charge in [-0.1, -0.05) is 62.4 Å². The molecule has 0 saturated carbocycles. The molecule has 0 aliphatic rings. The molecule has 0 amide bonds. The number of aldehydes is 1. The predicted molar refractivity (Wildman–Crippen MR) is 88.5 cm³/mol. The number of allylic oxidation sites excluding steroid dienone is 1. The van der Waals surface area contributed by atoms with Gasteiger partial charge in [0, 0.05) is 0 Å². The second-order valence-corrected chi connectivity index (χ2v) is 5.12. The Labute approximate surface area is 126 Å². The molecule has 0 heterocycles. The summed E-state index contributed by atoms with van der Waals surface area (Å²) in [5.74, 6) is 0.815. The van der Waals surface area contributed by atoms with Crippen molar-refractivity contribution in [3.05, 3.63) is 71.3 Å². The SMILES string of the molecule is Cc1ccc(C(C)C)c(O)c1.O=C/C=C/c1ccccc1. The van der Waals surface area contributed by atoms with Gasteiger partial charge in [0.05, 0.1) is 0 Å². The van der Waals surface area contributed by atoms with Crippen molar-refractivity contribution in [1.82, 2.24) is 0 Å². The largest absolute Gasteiger partial charge is 0.508 e. The van der Waals surface area contributed by atoms with Crippen molar-refractivity contribution < 1.29 is 9.90 Å². The van der Waals surface area contributed by atoms with Crippen LogP contribution in [0.2, 0.25) is 0 Å². The summed E-state index contributed by atoms with van der Waals surface area (Å²) in [6.45, 7) is 6.12. The smallest absolute Gasteiger partial charge is 0.142 e. The molecule has 2 aromatic rings. The standard InChI is InChI=1S/C10H14O.C9H8O/c1-7(2)9-5-4-8(3)6-10(9)11;10-8-4-7-9-5-2-1-3-6-9/h4-7,11H,1-3H3;1-8H/b;7-4+. The van der Waals surface area contributed by atoms with Crippen LogP contribution in [-0.4, -0.2) is 11.4 Å². The van der Waals surface area contributed by atoms with Gasteiger partial charge in [0.15, 0.2) is 0 Å². The molecule has 1 N–H and O–H groups in total. The highest BCUT2D eigenvalue weighted by atomic mass is 16.3. The zero-order valence-corrected chi connectivity index (χ0v) is 12.8. The third kappa shape index (κ3) is 6.09. The van der Waals surface area contributed by atoms with Crippen LogP contribution in [0.25, 0.3) is 6.08 Å². The van der Waals surface area contributed by atoms with Crippen molar-refractivity contribution >= 4 is 12.4 Å². The van der Waals surface area contributed by atoms with Crippen molar-refractivity contribution in [2.24, 2.45) is 0 Å². The fourth-order valence-corrected chi connectivity index (χ4v) is 1.86. The molecule has 0 aliphatic heterocycles. The minimum absolute atomic E-state index is 0.399. The van der Waals surface area contributed by atoms with E-state index in [0.717, 1.165) is 23.0 Å². The average Bonchev–Trinajstić information content (AvgIpc) is 2.46. The van der Waals surface area contributed by atoms with Crippen molar-refractivity contribution in [1.29, 1.82) is 0 Å². The summed E-state index contributed by atoms with van der Waals surface area (Å²) in [7, 11) is 0. The number of hydrogen-bond donors (Lipinski definition) is 1. The molecule has 0 atom stereocenters. The summed E-state index contributed by atoms with van der Waals surface area (Å²) in [5, 5.41) is 9.46. The number of carbonyl (C=O) groups is 1. The summed E-state index contributed by atoms with van der Waals surface area (Å²) < 4.78 is 0. The van der Waals surface area contributed by atoms with E-state index in [1.165, 1.54) is 6.08 Å². The molecule has 2 aromatic carbocycles. The predicted octanol–water partition coefficient (Wildman–Crippen LogP) is 4.72. The monoisotopic (exact) mass is 282 g/mol. The highest BCUT2D eigenvalue weighted by Crippen LogP contribution is 2.25. The lowest BCUT2D eigenvalue weighted by molar-refractivity contribution is -0.104. The third-order valence-corrected chi connectivity index (χ3v) is 2.97. The van der Waals surface area contributed by atoms with E-state index < -0.39 is 0 Å². The topological polar surface area (TPSA) is 37.3 Å². The minimum atomic E-state index is 0.399. The molecule has 21 heavy (non-hydrogen) atoms. The summed E-state index contributed by atoms with van der Waals surface area (Å²) in [6, 6.07) is 15.5. The second kappa shape index (κ2) is 8.75. The van der Waals surface area contributed by atoms with Gasteiger partial charge < -0.3 is 5.11 Å². The summed E-state index contributed by atoms with van der Waals surface area (Å²) in [6.07, 6.45) is 4.02. The maximum atomic E-state index is 9.89. The lowest BCUT2D eigenvalue weighted by atomic mass is 10.0. The Balaban J connectivity index is 0.000000211. The van der Waals surface area contributed by atoms with E-state index in [0.29, 0.717) is 11.7 Å². The van der Waals surface area contributed by atoms with Crippen molar-refractivity contribution in [2.75, 3.05) is 0 Å². The first-order valence-electron chi connectivity index (χ1n) is 7.01. The minimum Gasteiger partial charge on any atom is -0.508 e. The molecule has 2 rings (SSSR count). The van der Waals surface area contributed by atoms with Crippen LogP contribution in [0.3, 0.4) is 0 Å². The van der Waals surface area contributed by atoms with Crippen molar-refractivity contribution in [3.8, 4) is 5.75 Å². The molecule has 0 unspecified atom stereocenters. The summed E-state index contributed by atoms with van der Waals surface area (Å²) >= 11 is 0. The van der Waals surface area contributed by atoms with E-state index in [4.69, 9.17) is 0 Å². The maximum Gasteiger partial charge on any atom is 0.142 e. The molecule has 2 nitrogen and oxygen atoms in total. The van der Waals surface area contributed by atoms with E-state index >= 15 is 0 Å². The van der Waals surface area contributed by atoms with Gasteiger partial charge in [0.25, 0.3) is 0 Å². The molecule has 0 bridgehead atoms. The normalized spacial score (nSPS) is 10.3. The van der Waals surface area contributed by atoms with Gasteiger partial charge in [-0.3, -0.25) is 4.79 Å². The zero-order valence-electron chi connectivity index (χ0n) is 12.8. The van der Waals surface area contributed by atoms with Crippen molar-refractivity contribution in [2.45, 2.75) is 26.7 Å². The Hall–Kier alpha value is -2.35. The lowest BCUT2D eigenvalue weighted by Crippen LogP contribution is -1.87. The zero-order chi connectivity index (χ0) is 15.7. The van der Waals surface area contributed by atoms with Crippen LogP contribution in [0.1, 0.15) is 36.5 Å². The Kier molecular flexibility index (Phi) is 6.96. The first-order valence-corrected chi connectivity index (χ1v) is 7.01. The quantitative estimate of drug-likeness (QED) is 0.653. The molecule has 110 valence electrons. The number of aryl methyl sites for hydroxylation is 1. The average molecular weight is 282 g/mol. The van der Waals surface area contributed by atoms with Gasteiger partial charge in [-0.2, -0.15) is 0 Å². The summed E-state index contributed by atoms with van der Waals surface area (Å²) in [4.78, 5) is 9.89. The highest BCUT2D eigenvalue weighted by molar-refractivity contribution is 5.73. The maximum absolute atomic E-state index is 9.89. The van der Waals surface area contributed by atoms with Gasteiger partial charge in [-0.05, 0) is 41.7 Å². The summed E-state index contributed by atoms with van der Waals surface area (Å²) in [5.41, 5.74) is 3.18. The van der Waals surface area contributed by atoms with Crippen LogP contribution >= 0.6 is 0 Å². The first kappa shape index (κ1) is 16.7. The second-order valence-electron chi connectivity index (χ2n) is 5.12. The van der Waals surface area contributed by atoms with Crippen LogP contribution in [0.5, 0.6) is 5.75 Å². The Morgan fingerprint density at radius 1 is 1.05 bits per heavy atom. The molecule has 0 aliphatic carbocycles. The fourth-order valence-electron chi connectivity index (χ4n) is 1.86. The van der Waals surface area contributed by atoms with E-state index in [9.17, 15) is 9.90 Å². The van der Waals surface area contributed by atoms with Crippen LogP contribution in [0.4, 0.5) is 0 Å². The number of benzene rings is 2. The van der Waals surface area contributed by atoms with Gasteiger partial charge in [-0.15, -0.1) is 0 Å². The fraction of sp³-hybridized carbons (Fsp3) is 0.211. The third-order valence-electron chi connectivity index (χ3n) is 2.97. The van der Waals surface area contributed by atoms with Gasteiger partial charge in [-0.25, -0.2) is 0 Å². The van der Waals surface area contributed by atoms with Gasteiger partial charge in [0.2, 0.25) is 0 Å². The van der Waals surface area contributed by atoms with Crippen LogP contribution in [0.15, 0.2) is 54.6 Å². The number of phenols is 1. The molecule has 0 saturated heterocycles. The number of phenolic OH excluding ortho intramolecular Hbond substituents is 1. The van der Waals surface area contributed by atoms with Gasteiger partial charge >= 0.3 is 0 Å². The molecular weight excluding hydrogens is 260 g/mol. The van der Waals surface area contributed by atoms with Crippen molar-refractivity contribution in [3.63, 3.8) is 0 Å². The Morgan fingerprint density at radius 2 is 1.71 bits per heavy atom. The Morgan fingerprint density at radius 3 is 2.24 bits per heavy atom.